The van der Waals surface area contributed by atoms with Gasteiger partial charge in [-0.1, -0.05) is 75.6 Å². The first-order valence-electron chi connectivity index (χ1n) is 6.38. The molecule has 0 saturated carbocycles. The minimum Gasteiger partial charge on any atom is -0.0800 e. The Morgan fingerprint density at radius 3 is 1.75 bits per heavy atom. The zero-order valence-corrected chi connectivity index (χ0v) is 11.3. The summed E-state index contributed by atoms with van der Waals surface area (Å²) in [5.74, 6) is 0. The maximum Gasteiger partial charge on any atom is 0.176 e. The first kappa shape index (κ1) is 11.8. The lowest BCUT2D eigenvalue weighted by Crippen LogP contribution is -2.27. The fourth-order valence-corrected chi connectivity index (χ4v) is 2.93. The summed E-state index contributed by atoms with van der Waals surface area (Å²) in [6.07, 6.45) is 2.64. The summed E-state index contributed by atoms with van der Waals surface area (Å²) in [5.41, 5.74) is 3.81. The van der Waals surface area contributed by atoms with Gasteiger partial charge in [-0.15, -0.1) is 0 Å². The first-order chi connectivity index (χ1) is 7.32. The Morgan fingerprint density at radius 2 is 1.31 bits per heavy atom. The molecule has 0 aromatic heterocycles. The Kier molecular flexibility index (Phi) is 2.68. The van der Waals surface area contributed by atoms with Crippen molar-refractivity contribution < 1.29 is 0 Å². The third-order valence-electron chi connectivity index (χ3n) is 4.89. The fourth-order valence-electron chi connectivity index (χ4n) is 2.93. The van der Waals surface area contributed by atoms with Gasteiger partial charge in [0.25, 0.3) is 0 Å². The third kappa shape index (κ3) is 1.92. The van der Waals surface area contributed by atoms with Crippen LogP contribution in [0.15, 0.2) is 24.3 Å². The molecule has 0 nitrogen and oxygen atoms in total. The van der Waals surface area contributed by atoms with E-state index in [0.717, 1.165) is 6.71 Å². The van der Waals surface area contributed by atoms with Crippen molar-refractivity contribution in [1.29, 1.82) is 0 Å². The molecule has 0 unspecified atom stereocenters. The van der Waals surface area contributed by atoms with Crippen LogP contribution >= 0.6 is 0 Å². The predicted molar refractivity (Wildman–Crippen MR) is 73.7 cm³/mol. The maximum absolute atomic E-state index is 2.42. The molecule has 0 aliphatic carbocycles. The second-order valence-electron chi connectivity index (χ2n) is 6.78. The van der Waals surface area contributed by atoms with Crippen LogP contribution < -0.4 is 5.46 Å². The van der Waals surface area contributed by atoms with Crippen molar-refractivity contribution in [1.82, 2.24) is 0 Å². The van der Waals surface area contributed by atoms with Gasteiger partial charge in [0.2, 0.25) is 0 Å². The zero-order valence-electron chi connectivity index (χ0n) is 11.3. The minimum atomic E-state index is 0.461. The Morgan fingerprint density at radius 1 is 0.875 bits per heavy atom. The molecule has 1 heterocycles. The average Bonchev–Trinajstić information content (AvgIpc) is 2.37. The highest BCUT2D eigenvalue weighted by Crippen LogP contribution is 2.52. The van der Waals surface area contributed by atoms with Gasteiger partial charge in [0.15, 0.2) is 6.71 Å². The minimum absolute atomic E-state index is 0.461. The van der Waals surface area contributed by atoms with E-state index in [1.807, 2.05) is 0 Å². The Hall–Kier alpha value is -0.715. The molecule has 1 aliphatic heterocycles. The zero-order chi connectivity index (χ0) is 12.0. The Labute approximate surface area is 101 Å². The monoisotopic (exact) mass is 214 g/mol. The molecular weight excluding hydrogens is 191 g/mol. The lowest BCUT2D eigenvalue weighted by molar-refractivity contribution is 0.177. The van der Waals surface area contributed by atoms with Crippen molar-refractivity contribution in [2.75, 3.05) is 0 Å². The standard InChI is InChI=1S/C15H23B/c1-12-6-8-13(9-7-12)16-10-14(2,3)15(4,5)11-16/h6-9H,10-11H2,1-5H3. The van der Waals surface area contributed by atoms with E-state index in [9.17, 15) is 0 Å². The summed E-state index contributed by atoms with van der Waals surface area (Å²) in [4.78, 5) is 0. The fraction of sp³-hybridized carbons (Fsp3) is 0.600. The van der Waals surface area contributed by atoms with Gasteiger partial charge in [0.1, 0.15) is 0 Å². The summed E-state index contributed by atoms with van der Waals surface area (Å²) < 4.78 is 0. The predicted octanol–water partition coefficient (Wildman–Crippen LogP) is 3.76. The van der Waals surface area contributed by atoms with Crippen LogP contribution in [0.4, 0.5) is 0 Å². The van der Waals surface area contributed by atoms with Gasteiger partial charge in [0.05, 0.1) is 0 Å². The molecule has 0 amide bonds. The van der Waals surface area contributed by atoms with E-state index in [1.54, 1.807) is 0 Å². The van der Waals surface area contributed by atoms with Crippen molar-refractivity contribution in [3.8, 4) is 0 Å². The van der Waals surface area contributed by atoms with Gasteiger partial charge in [-0.05, 0) is 17.8 Å². The topological polar surface area (TPSA) is 0 Å². The van der Waals surface area contributed by atoms with Crippen molar-refractivity contribution in [2.45, 2.75) is 47.3 Å². The SMILES string of the molecule is Cc1ccc(B2CC(C)(C)C(C)(C)C2)cc1. The second-order valence-corrected chi connectivity index (χ2v) is 6.78. The van der Waals surface area contributed by atoms with Gasteiger partial charge in [-0.3, -0.25) is 0 Å². The first-order valence-corrected chi connectivity index (χ1v) is 6.38. The molecule has 1 saturated heterocycles. The molecule has 1 heteroatoms. The largest absolute Gasteiger partial charge is 0.176 e. The van der Waals surface area contributed by atoms with Crippen LogP contribution in [0.3, 0.4) is 0 Å². The highest BCUT2D eigenvalue weighted by Gasteiger charge is 2.47. The van der Waals surface area contributed by atoms with Crippen LogP contribution in [0.1, 0.15) is 33.3 Å². The summed E-state index contributed by atoms with van der Waals surface area (Å²) in [6.45, 7) is 12.6. The van der Waals surface area contributed by atoms with Gasteiger partial charge >= 0.3 is 0 Å². The molecule has 0 bridgehead atoms. The van der Waals surface area contributed by atoms with E-state index in [2.05, 4.69) is 58.9 Å². The quantitative estimate of drug-likeness (QED) is 0.624. The Bertz CT molecular complexity index is 357. The smallest absolute Gasteiger partial charge is 0.0800 e. The van der Waals surface area contributed by atoms with E-state index in [-0.39, 0.29) is 0 Å². The van der Waals surface area contributed by atoms with Gasteiger partial charge in [-0.2, -0.15) is 0 Å². The van der Waals surface area contributed by atoms with E-state index < -0.39 is 0 Å². The number of hydrogen-bond acceptors (Lipinski definition) is 0. The lowest BCUT2D eigenvalue weighted by Gasteiger charge is -2.35. The van der Waals surface area contributed by atoms with Crippen molar-refractivity contribution in [3.05, 3.63) is 29.8 Å². The molecular formula is C15H23B. The highest BCUT2D eigenvalue weighted by atomic mass is 14.4. The third-order valence-corrected chi connectivity index (χ3v) is 4.89. The summed E-state index contributed by atoms with van der Waals surface area (Å²) >= 11 is 0. The van der Waals surface area contributed by atoms with E-state index in [1.165, 1.54) is 23.7 Å². The molecule has 16 heavy (non-hydrogen) atoms. The molecule has 0 radical (unpaired) electrons. The highest BCUT2D eigenvalue weighted by molar-refractivity contribution is 6.74. The van der Waals surface area contributed by atoms with Crippen molar-refractivity contribution in [2.24, 2.45) is 10.8 Å². The van der Waals surface area contributed by atoms with Crippen LogP contribution in [-0.4, -0.2) is 6.71 Å². The molecule has 0 spiro atoms. The normalized spacial score (nSPS) is 22.4. The van der Waals surface area contributed by atoms with Crippen LogP contribution in [-0.2, 0) is 0 Å². The molecule has 1 fully saturated rings. The Balaban J connectivity index is 2.23. The van der Waals surface area contributed by atoms with E-state index in [4.69, 9.17) is 0 Å². The number of rotatable bonds is 1. The van der Waals surface area contributed by atoms with E-state index >= 15 is 0 Å². The summed E-state index contributed by atoms with van der Waals surface area (Å²) in [5, 5.41) is 0. The average molecular weight is 214 g/mol. The molecule has 1 aliphatic rings. The maximum atomic E-state index is 2.42. The number of benzene rings is 1. The van der Waals surface area contributed by atoms with Crippen LogP contribution in [0, 0.1) is 17.8 Å². The van der Waals surface area contributed by atoms with Gasteiger partial charge in [-0.25, -0.2) is 0 Å². The van der Waals surface area contributed by atoms with Crippen LogP contribution in [0.5, 0.6) is 0 Å². The van der Waals surface area contributed by atoms with Crippen molar-refractivity contribution in [3.63, 3.8) is 0 Å². The molecule has 86 valence electrons. The molecule has 1 aromatic rings. The molecule has 1 aromatic carbocycles. The molecule has 2 rings (SSSR count). The van der Waals surface area contributed by atoms with Crippen molar-refractivity contribution >= 4 is 12.2 Å². The molecule has 0 N–H and O–H groups in total. The number of aryl methyl sites for hydroxylation is 1. The van der Waals surface area contributed by atoms with Crippen LogP contribution in [0.25, 0.3) is 0 Å². The summed E-state index contributed by atoms with van der Waals surface area (Å²) in [6, 6.07) is 9.12. The van der Waals surface area contributed by atoms with E-state index in [0.29, 0.717) is 10.8 Å². The second kappa shape index (κ2) is 3.65. The lowest BCUT2D eigenvalue weighted by atomic mass is 9.42. The van der Waals surface area contributed by atoms with Gasteiger partial charge < -0.3 is 0 Å². The van der Waals surface area contributed by atoms with Gasteiger partial charge in [0, 0.05) is 0 Å². The number of hydrogen-bond donors (Lipinski definition) is 0. The summed E-state index contributed by atoms with van der Waals surface area (Å²) in [7, 11) is 0. The van der Waals surface area contributed by atoms with Crippen LogP contribution in [0.2, 0.25) is 12.6 Å². The molecule has 0 atom stereocenters.